The third-order valence-corrected chi connectivity index (χ3v) is 3.24. The predicted molar refractivity (Wildman–Crippen MR) is 51.3 cm³/mol. The molecule has 0 saturated carbocycles. The first-order valence-corrected chi connectivity index (χ1v) is 7.31. The molecule has 0 N–H and O–H groups in total. The summed E-state index contributed by atoms with van der Waals surface area (Å²) < 4.78 is 6.37. The van der Waals surface area contributed by atoms with Gasteiger partial charge in [0.25, 0.3) is 0 Å². The number of carbonyl (C=O) groups is 1. The Bertz CT molecular complexity index is 165. The second kappa shape index (κ2) is 3.91. The minimum absolute atomic E-state index is 0.279. The van der Waals surface area contributed by atoms with Gasteiger partial charge in [-0.15, -0.1) is 0 Å². The number of rotatable bonds is 2. The summed E-state index contributed by atoms with van der Waals surface area (Å²) in [5, 5.41) is 1.78. The van der Waals surface area contributed by atoms with E-state index in [1.54, 1.807) is 9.68 Å². The van der Waals surface area contributed by atoms with Crippen molar-refractivity contribution in [3.05, 3.63) is 0 Å². The summed E-state index contributed by atoms with van der Waals surface area (Å²) in [6, 6.07) is 0. The minimum Gasteiger partial charge on any atom is -0.452 e. The number of hydrogen-bond acceptors (Lipinski definition) is 3. The Morgan fingerprint density at radius 1 is 1.25 bits per heavy atom. The second-order valence-corrected chi connectivity index (χ2v) is 8.57. The number of hydrazine groups is 1. The van der Waals surface area contributed by atoms with Crippen molar-refractivity contribution < 1.29 is 9.53 Å². The van der Waals surface area contributed by atoms with Gasteiger partial charge in [-0.1, -0.05) is 19.6 Å². The number of carbonyl (C=O) groups excluding carboxylic acids is 1. The van der Waals surface area contributed by atoms with Crippen LogP contribution in [0.3, 0.4) is 0 Å². The molecular weight excluding hydrogens is 172 g/mol. The molecule has 0 bridgehead atoms. The van der Waals surface area contributed by atoms with Crippen molar-refractivity contribution >= 4 is 14.3 Å². The van der Waals surface area contributed by atoms with Crippen molar-refractivity contribution in [2.45, 2.75) is 19.6 Å². The van der Waals surface area contributed by atoms with Crippen LogP contribution in [0.25, 0.3) is 0 Å². The van der Waals surface area contributed by atoms with Crippen molar-refractivity contribution in [3.8, 4) is 0 Å². The van der Waals surface area contributed by atoms with Gasteiger partial charge in [0, 0.05) is 14.1 Å². The highest BCUT2D eigenvalue weighted by Crippen LogP contribution is 2.11. The Morgan fingerprint density at radius 3 is 1.75 bits per heavy atom. The zero-order valence-electron chi connectivity index (χ0n) is 8.71. The molecule has 0 aliphatic heterocycles. The molecule has 1 amide bonds. The first-order valence-electron chi connectivity index (χ1n) is 3.86. The van der Waals surface area contributed by atoms with Gasteiger partial charge in [-0.3, -0.25) is 4.67 Å². The van der Waals surface area contributed by atoms with Gasteiger partial charge in [0.2, 0.25) is 0 Å². The highest BCUT2D eigenvalue weighted by Gasteiger charge is 2.31. The lowest BCUT2D eigenvalue weighted by atomic mass is 11.1. The second-order valence-electron chi connectivity index (χ2n) is 3.80. The molecule has 0 unspecified atom stereocenters. The summed E-state index contributed by atoms with van der Waals surface area (Å²) >= 11 is 0. The molecule has 72 valence electrons. The molecule has 0 saturated heterocycles. The topological polar surface area (TPSA) is 32.8 Å². The molecule has 0 radical (unpaired) electrons. The van der Waals surface area contributed by atoms with Crippen LogP contribution in [-0.2, 0) is 4.74 Å². The normalized spacial score (nSPS) is 11.6. The quantitative estimate of drug-likeness (QED) is 0.487. The van der Waals surface area contributed by atoms with Crippen LogP contribution in [0.5, 0.6) is 0 Å². The van der Waals surface area contributed by atoms with E-state index in [1.807, 2.05) is 14.1 Å². The summed E-state index contributed by atoms with van der Waals surface area (Å²) in [6.45, 7) is 6.26. The Balaban J connectivity index is 4.56. The Morgan fingerprint density at radius 2 is 1.67 bits per heavy atom. The fourth-order valence-electron chi connectivity index (χ4n) is 1.12. The first kappa shape index (κ1) is 11.4. The van der Waals surface area contributed by atoms with E-state index in [0.717, 1.165) is 0 Å². The van der Waals surface area contributed by atoms with E-state index < -0.39 is 8.24 Å². The van der Waals surface area contributed by atoms with Crippen molar-refractivity contribution in [2.24, 2.45) is 0 Å². The minimum atomic E-state index is -1.65. The molecule has 12 heavy (non-hydrogen) atoms. The van der Waals surface area contributed by atoms with Crippen LogP contribution in [0.2, 0.25) is 19.6 Å². The number of ether oxygens (including phenoxy) is 1. The fourth-order valence-corrected chi connectivity index (χ4v) is 2.96. The molecule has 0 aliphatic carbocycles. The number of methoxy groups -OCH3 is 1. The molecule has 0 heterocycles. The van der Waals surface area contributed by atoms with E-state index in [2.05, 4.69) is 24.4 Å². The van der Waals surface area contributed by atoms with Crippen molar-refractivity contribution in [1.82, 2.24) is 9.68 Å². The third kappa shape index (κ3) is 2.82. The molecular formula is C7H18N2O2Si. The number of nitrogens with zero attached hydrogens (tertiary/aromatic N) is 2. The molecule has 0 fully saturated rings. The Hall–Kier alpha value is -0.553. The highest BCUT2D eigenvalue weighted by atomic mass is 28.3. The number of hydrogen-bond donors (Lipinski definition) is 0. The van der Waals surface area contributed by atoms with Crippen LogP contribution in [-0.4, -0.2) is 45.2 Å². The summed E-state index contributed by atoms with van der Waals surface area (Å²) in [4.78, 5) is 11.3. The highest BCUT2D eigenvalue weighted by molar-refractivity contribution is 6.75. The molecule has 0 aromatic carbocycles. The largest absolute Gasteiger partial charge is 0.452 e. The van der Waals surface area contributed by atoms with E-state index >= 15 is 0 Å². The number of amides is 1. The molecule has 0 aliphatic rings. The van der Waals surface area contributed by atoms with Crippen LogP contribution < -0.4 is 0 Å². The van der Waals surface area contributed by atoms with E-state index in [4.69, 9.17) is 0 Å². The van der Waals surface area contributed by atoms with Crippen molar-refractivity contribution in [1.29, 1.82) is 0 Å². The third-order valence-electron chi connectivity index (χ3n) is 1.38. The van der Waals surface area contributed by atoms with Gasteiger partial charge in [-0.05, 0) is 0 Å². The average molecular weight is 190 g/mol. The Kier molecular flexibility index (Phi) is 3.73. The van der Waals surface area contributed by atoms with E-state index in [1.165, 1.54) is 7.11 Å². The van der Waals surface area contributed by atoms with Crippen molar-refractivity contribution in [2.75, 3.05) is 21.2 Å². The van der Waals surface area contributed by atoms with Crippen LogP contribution in [0.1, 0.15) is 0 Å². The maximum atomic E-state index is 11.3. The van der Waals surface area contributed by atoms with Gasteiger partial charge in [0.05, 0.1) is 7.11 Å². The molecule has 0 spiro atoms. The summed E-state index contributed by atoms with van der Waals surface area (Å²) in [5.41, 5.74) is 0. The van der Waals surface area contributed by atoms with E-state index in [0.29, 0.717) is 0 Å². The summed E-state index contributed by atoms with van der Waals surface area (Å²) in [5.74, 6) is 0. The monoisotopic (exact) mass is 190 g/mol. The summed E-state index contributed by atoms with van der Waals surface area (Å²) in [6.07, 6.45) is -0.279. The van der Waals surface area contributed by atoms with E-state index in [9.17, 15) is 4.79 Å². The van der Waals surface area contributed by atoms with Gasteiger partial charge in [-0.25, -0.2) is 9.80 Å². The first-order chi connectivity index (χ1) is 5.30. The standard InChI is InChI=1S/C7H18N2O2Si/c1-8(2)9(7(10)11-3)12(4,5)6/h1-6H3. The lowest BCUT2D eigenvalue weighted by Crippen LogP contribution is -2.56. The van der Waals surface area contributed by atoms with Gasteiger partial charge in [0.15, 0.2) is 8.24 Å². The van der Waals surface area contributed by atoms with Crippen LogP contribution in [0.4, 0.5) is 4.79 Å². The lowest BCUT2D eigenvalue weighted by molar-refractivity contribution is 0.0754. The molecule has 0 atom stereocenters. The molecule has 4 nitrogen and oxygen atoms in total. The van der Waals surface area contributed by atoms with Gasteiger partial charge in [-0.2, -0.15) is 0 Å². The molecule has 5 heteroatoms. The van der Waals surface area contributed by atoms with Crippen molar-refractivity contribution in [3.63, 3.8) is 0 Å². The predicted octanol–water partition coefficient (Wildman–Crippen LogP) is 1.37. The zero-order valence-corrected chi connectivity index (χ0v) is 9.71. The maximum Gasteiger partial charge on any atom is 0.415 e. The van der Waals surface area contributed by atoms with Gasteiger partial charge in [0.1, 0.15) is 0 Å². The van der Waals surface area contributed by atoms with Crippen LogP contribution >= 0.6 is 0 Å². The van der Waals surface area contributed by atoms with Gasteiger partial charge >= 0.3 is 6.09 Å². The van der Waals surface area contributed by atoms with E-state index in [-0.39, 0.29) is 6.09 Å². The molecule has 0 rings (SSSR count). The SMILES string of the molecule is COC(=O)N(N(C)C)[Si](C)(C)C. The zero-order chi connectivity index (χ0) is 9.94. The fraction of sp³-hybridized carbons (Fsp3) is 0.857. The van der Waals surface area contributed by atoms with Crippen LogP contribution in [0.15, 0.2) is 0 Å². The van der Waals surface area contributed by atoms with Crippen LogP contribution in [0, 0.1) is 0 Å². The lowest BCUT2D eigenvalue weighted by Gasteiger charge is -2.37. The molecule has 0 aromatic heterocycles. The Labute approximate surface area is 75.2 Å². The smallest absolute Gasteiger partial charge is 0.415 e. The van der Waals surface area contributed by atoms with Gasteiger partial charge < -0.3 is 4.74 Å². The molecule has 0 aromatic rings. The maximum absolute atomic E-state index is 11.3. The summed E-state index contributed by atoms with van der Waals surface area (Å²) in [7, 11) is 3.44. The average Bonchev–Trinajstić information content (AvgIpc) is 1.83.